The summed E-state index contributed by atoms with van der Waals surface area (Å²) in [5.74, 6) is 1.27. The number of rotatable bonds is 8. The normalized spacial score (nSPS) is 11.6. The number of nitrogens with zero attached hydrogens (tertiary/aromatic N) is 1. The van der Waals surface area contributed by atoms with E-state index in [0.717, 1.165) is 16.8 Å². The fourth-order valence-electron chi connectivity index (χ4n) is 3.38. The first-order valence-electron chi connectivity index (χ1n) is 9.73. The molecule has 0 fully saturated rings. The third-order valence-corrected chi connectivity index (χ3v) is 4.93. The summed E-state index contributed by atoms with van der Waals surface area (Å²) < 4.78 is 10.7. The minimum absolute atomic E-state index is 0.0924. The van der Waals surface area contributed by atoms with Crippen LogP contribution in [0.3, 0.4) is 0 Å². The van der Waals surface area contributed by atoms with E-state index in [0.29, 0.717) is 24.5 Å². The van der Waals surface area contributed by atoms with Crippen LogP contribution >= 0.6 is 0 Å². The number of carbonyl (C=O) groups excluding carboxylic acids is 1. The Bertz CT molecular complexity index is 925. The van der Waals surface area contributed by atoms with E-state index in [4.69, 9.17) is 9.47 Å². The molecule has 1 amide bonds. The number of benzene rings is 3. The van der Waals surface area contributed by atoms with E-state index in [1.807, 2.05) is 90.7 Å². The van der Waals surface area contributed by atoms with Crippen molar-refractivity contribution in [3.63, 3.8) is 0 Å². The molecule has 0 spiro atoms. The summed E-state index contributed by atoms with van der Waals surface area (Å²) in [5.41, 5.74) is 3.04. The summed E-state index contributed by atoms with van der Waals surface area (Å²) >= 11 is 0. The Balaban J connectivity index is 1.81. The highest BCUT2D eigenvalue weighted by Gasteiger charge is 2.23. The zero-order chi connectivity index (χ0) is 20.6. The lowest BCUT2D eigenvalue weighted by Gasteiger charge is -2.26. The molecule has 4 nitrogen and oxygen atoms in total. The standard InChI is InChI=1S/C25H27NO3/c1-19(16-21-14-15-23(28-2)24(17-21)29-3)25(27)26(22-12-8-5-9-13-22)18-20-10-6-4-7-11-20/h4-15,17,19H,16,18H2,1-3H3. The van der Waals surface area contributed by atoms with Gasteiger partial charge >= 0.3 is 0 Å². The van der Waals surface area contributed by atoms with Crippen molar-refractivity contribution in [1.29, 1.82) is 0 Å². The van der Waals surface area contributed by atoms with Crippen molar-refractivity contribution >= 4 is 11.6 Å². The maximum atomic E-state index is 13.4. The molecule has 1 unspecified atom stereocenters. The van der Waals surface area contributed by atoms with Crippen LogP contribution in [0.2, 0.25) is 0 Å². The molecule has 0 aliphatic carbocycles. The molecular formula is C25H27NO3. The lowest BCUT2D eigenvalue weighted by Crippen LogP contribution is -2.35. The van der Waals surface area contributed by atoms with Crippen LogP contribution in [0.25, 0.3) is 0 Å². The Kier molecular flexibility index (Phi) is 6.90. The van der Waals surface area contributed by atoms with Gasteiger partial charge in [0.1, 0.15) is 0 Å². The summed E-state index contributed by atoms with van der Waals surface area (Å²) in [6.07, 6.45) is 0.622. The van der Waals surface area contributed by atoms with Gasteiger partial charge in [0.05, 0.1) is 20.8 Å². The quantitative estimate of drug-likeness (QED) is 0.537. The molecule has 0 aromatic heterocycles. The van der Waals surface area contributed by atoms with Crippen LogP contribution < -0.4 is 14.4 Å². The molecule has 0 N–H and O–H groups in total. The van der Waals surface area contributed by atoms with Crippen LogP contribution in [0, 0.1) is 5.92 Å². The van der Waals surface area contributed by atoms with Gasteiger partial charge < -0.3 is 14.4 Å². The van der Waals surface area contributed by atoms with Crippen molar-refractivity contribution in [2.45, 2.75) is 19.9 Å². The van der Waals surface area contributed by atoms with Gasteiger partial charge in [-0.15, -0.1) is 0 Å². The number of hydrogen-bond donors (Lipinski definition) is 0. The van der Waals surface area contributed by atoms with E-state index < -0.39 is 0 Å². The van der Waals surface area contributed by atoms with Crippen molar-refractivity contribution in [2.24, 2.45) is 5.92 Å². The maximum absolute atomic E-state index is 13.4. The molecule has 3 rings (SSSR count). The van der Waals surface area contributed by atoms with E-state index in [9.17, 15) is 4.79 Å². The third kappa shape index (κ3) is 5.17. The van der Waals surface area contributed by atoms with Crippen LogP contribution in [0.1, 0.15) is 18.1 Å². The first-order valence-corrected chi connectivity index (χ1v) is 9.73. The van der Waals surface area contributed by atoms with E-state index >= 15 is 0 Å². The smallest absolute Gasteiger partial charge is 0.230 e. The average molecular weight is 389 g/mol. The number of methoxy groups -OCH3 is 2. The predicted octanol–water partition coefficient (Wildman–Crippen LogP) is 5.12. The van der Waals surface area contributed by atoms with Gasteiger partial charge in [-0.1, -0.05) is 61.5 Å². The molecule has 150 valence electrons. The summed E-state index contributed by atoms with van der Waals surface area (Å²) in [5, 5.41) is 0. The molecule has 0 radical (unpaired) electrons. The Morgan fingerprint density at radius 3 is 2.07 bits per heavy atom. The van der Waals surface area contributed by atoms with Gasteiger partial charge in [0, 0.05) is 11.6 Å². The van der Waals surface area contributed by atoms with Gasteiger partial charge in [0.2, 0.25) is 5.91 Å². The molecule has 29 heavy (non-hydrogen) atoms. The molecule has 0 saturated carbocycles. The van der Waals surface area contributed by atoms with Gasteiger partial charge in [-0.25, -0.2) is 0 Å². The highest BCUT2D eigenvalue weighted by molar-refractivity contribution is 5.94. The average Bonchev–Trinajstić information content (AvgIpc) is 2.78. The van der Waals surface area contributed by atoms with Crippen LogP contribution in [-0.4, -0.2) is 20.1 Å². The second-order valence-corrected chi connectivity index (χ2v) is 7.04. The number of para-hydroxylation sites is 1. The fraction of sp³-hybridized carbons (Fsp3) is 0.240. The highest BCUT2D eigenvalue weighted by Crippen LogP contribution is 2.29. The minimum Gasteiger partial charge on any atom is -0.493 e. The molecular weight excluding hydrogens is 362 g/mol. The molecule has 0 heterocycles. The highest BCUT2D eigenvalue weighted by atomic mass is 16.5. The van der Waals surface area contributed by atoms with Crippen LogP contribution in [-0.2, 0) is 17.8 Å². The fourth-order valence-corrected chi connectivity index (χ4v) is 3.38. The number of amides is 1. The zero-order valence-electron chi connectivity index (χ0n) is 17.2. The SMILES string of the molecule is COc1ccc(CC(C)C(=O)N(Cc2ccccc2)c2ccccc2)cc1OC. The summed E-state index contributed by atoms with van der Waals surface area (Å²) in [7, 11) is 3.23. The maximum Gasteiger partial charge on any atom is 0.230 e. The van der Waals surface area contributed by atoms with Crippen molar-refractivity contribution in [3.05, 3.63) is 90.0 Å². The molecule has 0 aliphatic rings. The van der Waals surface area contributed by atoms with Gasteiger partial charge in [0.25, 0.3) is 0 Å². The first-order chi connectivity index (χ1) is 14.1. The van der Waals surface area contributed by atoms with Crippen LogP contribution in [0.4, 0.5) is 5.69 Å². The molecule has 0 bridgehead atoms. The van der Waals surface area contributed by atoms with Crippen molar-refractivity contribution in [3.8, 4) is 11.5 Å². The summed E-state index contributed by atoms with van der Waals surface area (Å²) in [4.78, 5) is 15.3. The number of ether oxygens (including phenoxy) is 2. The number of carbonyl (C=O) groups is 1. The Hall–Kier alpha value is -3.27. The molecule has 0 aliphatic heterocycles. The Morgan fingerprint density at radius 1 is 0.828 bits per heavy atom. The third-order valence-electron chi connectivity index (χ3n) is 4.93. The Morgan fingerprint density at radius 2 is 1.45 bits per heavy atom. The largest absolute Gasteiger partial charge is 0.493 e. The van der Waals surface area contributed by atoms with E-state index in [1.165, 1.54) is 0 Å². The van der Waals surface area contributed by atoms with Crippen LogP contribution in [0.5, 0.6) is 11.5 Å². The topological polar surface area (TPSA) is 38.8 Å². The van der Waals surface area contributed by atoms with Crippen LogP contribution in [0.15, 0.2) is 78.9 Å². The summed E-state index contributed by atoms with van der Waals surface area (Å²) in [6.45, 7) is 2.51. The van der Waals surface area contributed by atoms with Gasteiger partial charge in [-0.3, -0.25) is 4.79 Å². The van der Waals surface area contributed by atoms with Crippen molar-refractivity contribution in [1.82, 2.24) is 0 Å². The van der Waals surface area contributed by atoms with Gasteiger partial charge in [-0.2, -0.15) is 0 Å². The predicted molar refractivity (Wildman–Crippen MR) is 116 cm³/mol. The zero-order valence-corrected chi connectivity index (χ0v) is 17.2. The molecule has 3 aromatic carbocycles. The van der Waals surface area contributed by atoms with E-state index in [-0.39, 0.29) is 11.8 Å². The number of hydrogen-bond acceptors (Lipinski definition) is 3. The van der Waals surface area contributed by atoms with Gasteiger partial charge in [0.15, 0.2) is 11.5 Å². The van der Waals surface area contributed by atoms with E-state index in [2.05, 4.69) is 0 Å². The lowest BCUT2D eigenvalue weighted by molar-refractivity contribution is -0.122. The second kappa shape index (κ2) is 9.78. The number of anilines is 1. The molecule has 3 aromatic rings. The van der Waals surface area contributed by atoms with Gasteiger partial charge in [-0.05, 0) is 41.8 Å². The molecule has 0 saturated heterocycles. The minimum atomic E-state index is -0.183. The summed E-state index contributed by atoms with van der Waals surface area (Å²) in [6, 6.07) is 25.7. The monoisotopic (exact) mass is 389 g/mol. The van der Waals surface area contributed by atoms with Crippen molar-refractivity contribution in [2.75, 3.05) is 19.1 Å². The molecule has 1 atom stereocenters. The second-order valence-electron chi connectivity index (χ2n) is 7.04. The van der Waals surface area contributed by atoms with E-state index in [1.54, 1.807) is 14.2 Å². The van der Waals surface area contributed by atoms with Crippen molar-refractivity contribution < 1.29 is 14.3 Å². The first kappa shape index (κ1) is 20.5. The lowest BCUT2D eigenvalue weighted by atomic mass is 9.98. The Labute approximate surface area is 172 Å². The molecule has 4 heteroatoms.